The molecule has 1 amide bonds. The van der Waals surface area contributed by atoms with Crippen molar-refractivity contribution in [1.29, 1.82) is 0 Å². The molecule has 0 aliphatic carbocycles. The van der Waals surface area contributed by atoms with E-state index < -0.39 is 0 Å². The smallest absolute Gasteiger partial charge is 0.261 e. The second-order valence-electron chi connectivity index (χ2n) is 7.28. The highest BCUT2D eigenvalue weighted by Gasteiger charge is 2.16. The molecule has 1 fully saturated rings. The lowest BCUT2D eigenvalue weighted by Crippen LogP contribution is -2.46. The summed E-state index contributed by atoms with van der Waals surface area (Å²) in [5, 5.41) is 4.22. The van der Waals surface area contributed by atoms with Gasteiger partial charge in [-0.3, -0.25) is 9.69 Å². The number of carbonyl (C=O) groups is 1. The summed E-state index contributed by atoms with van der Waals surface area (Å²) in [6.45, 7) is 6.27. The largest absolute Gasteiger partial charge is 0.369 e. The third-order valence-corrected chi connectivity index (χ3v) is 6.44. The van der Waals surface area contributed by atoms with Gasteiger partial charge in [0.05, 0.1) is 4.88 Å². The summed E-state index contributed by atoms with van der Waals surface area (Å²) < 4.78 is 1.17. The van der Waals surface area contributed by atoms with E-state index in [4.69, 9.17) is 0 Å². The van der Waals surface area contributed by atoms with Crippen molar-refractivity contribution < 1.29 is 4.79 Å². The molecular formula is C23H27N3OS. The highest BCUT2D eigenvalue weighted by molar-refractivity contribution is 7.20. The summed E-state index contributed by atoms with van der Waals surface area (Å²) in [5.74, 6) is 0.0534. The molecule has 4 rings (SSSR count). The molecular weight excluding hydrogens is 366 g/mol. The van der Waals surface area contributed by atoms with Crippen LogP contribution in [-0.2, 0) is 0 Å². The van der Waals surface area contributed by atoms with Gasteiger partial charge in [-0.25, -0.2) is 0 Å². The van der Waals surface area contributed by atoms with Crippen molar-refractivity contribution in [2.45, 2.75) is 12.8 Å². The van der Waals surface area contributed by atoms with Crippen LogP contribution in [0, 0.1) is 0 Å². The van der Waals surface area contributed by atoms with Gasteiger partial charge in [0, 0.05) is 43.1 Å². The molecule has 1 aliphatic rings. The number of amides is 1. The highest BCUT2D eigenvalue weighted by atomic mass is 32.1. The van der Waals surface area contributed by atoms with Crippen LogP contribution in [0.15, 0.2) is 60.7 Å². The van der Waals surface area contributed by atoms with E-state index in [0.717, 1.165) is 62.4 Å². The number of para-hydroxylation sites is 1. The molecule has 0 radical (unpaired) electrons. The first kappa shape index (κ1) is 19.0. The molecule has 0 saturated carbocycles. The van der Waals surface area contributed by atoms with Crippen LogP contribution in [-0.4, -0.2) is 50.1 Å². The zero-order valence-electron chi connectivity index (χ0n) is 16.1. The quantitative estimate of drug-likeness (QED) is 0.610. The maximum absolute atomic E-state index is 12.3. The van der Waals surface area contributed by atoms with E-state index in [1.165, 1.54) is 10.4 Å². The Bertz CT molecular complexity index is 867. The van der Waals surface area contributed by atoms with Gasteiger partial charge in [-0.15, -0.1) is 11.3 Å². The number of unbranched alkanes of at least 4 members (excludes halogenated alkanes) is 1. The predicted molar refractivity (Wildman–Crippen MR) is 118 cm³/mol. The SMILES string of the molecule is O=C(NCCCCN1CCN(c2ccccc2)CC1)c1cc2ccccc2s1. The summed E-state index contributed by atoms with van der Waals surface area (Å²) in [7, 11) is 0. The zero-order chi connectivity index (χ0) is 19.2. The van der Waals surface area contributed by atoms with Crippen LogP contribution in [0.2, 0.25) is 0 Å². The highest BCUT2D eigenvalue weighted by Crippen LogP contribution is 2.25. The molecule has 3 aromatic rings. The monoisotopic (exact) mass is 393 g/mol. The Balaban J connectivity index is 1.13. The molecule has 0 bridgehead atoms. The maximum Gasteiger partial charge on any atom is 0.261 e. The molecule has 0 spiro atoms. The third-order valence-electron chi connectivity index (χ3n) is 5.33. The number of benzene rings is 2. The van der Waals surface area contributed by atoms with E-state index >= 15 is 0 Å². The average molecular weight is 394 g/mol. The third kappa shape index (κ3) is 4.72. The Morgan fingerprint density at radius 1 is 0.929 bits per heavy atom. The minimum atomic E-state index is 0.0534. The normalized spacial score (nSPS) is 15.1. The summed E-state index contributed by atoms with van der Waals surface area (Å²) >= 11 is 1.57. The molecule has 1 aromatic heterocycles. The summed E-state index contributed by atoms with van der Waals surface area (Å²) in [6, 6.07) is 20.8. The van der Waals surface area contributed by atoms with Crippen molar-refractivity contribution in [2.75, 3.05) is 44.2 Å². The van der Waals surface area contributed by atoms with Crippen molar-refractivity contribution in [2.24, 2.45) is 0 Å². The lowest BCUT2D eigenvalue weighted by molar-refractivity contribution is 0.0956. The number of hydrogen-bond donors (Lipinski definition) is 1. The molecule has 146 valence electrons. The summed E-state index contributed by atoms with van der Waals surface area (Å²) in [5.41, 5.74) is 1.33. The second-order valence-corrected chi connectivity index (χ2v) is 8.36. The number of nitrogens with zero attached hydrogens (tertiary/aromatic N) is 2. The van der Waals surface area contributed by atoms with Crippen molar-refractivity contribution in [3.63, 3.8) is 0 Å². The molecule has 1 N–H and O–H groups in total. The van der Waals surface area contributed by atoms with Crippen LogP contribution >= 0.6 is 11.3 Å². The van der Waals surface area contributed by atoms with E-state index in [1.54, 1.807) is 11.3 Å². The fourth-order valence-corrected chi connectivity index (χ4v) is 4.69. The molecule has 28 heavy (non-hydrogen) atoms. The van der Waals surface area contributed by atoms with Gasteiger partial charge in [0.15, 0.2) is 0 Å². The van der Waals surface area contributed by atoms with Gasteiger partial charge in [-0.05, 0) is 49.0 Å². The van der Waals surface area contributed by atoms with Crippen LogP contribution < -0.4 is 10.2 Å². The first-order valence-corrected chi connectivity index (χ1v) is 10.9. The fourth-order valence-electron chi connectivity index (χ4n) is 3.71. The number of rotatable bonds is 7. The Labute approximate surface area is 170 Å². The molecule has 0 atom stereocenters. The van der Waals surface area contributed by atoms with Crippen LogP contribution in [0.3, 0.4) is 0 Å². The number of nitrogens with one attached hydrogen (secondary N) is 1. The van der Waals surface area contributed by atoms with Crippen molar-refractivity contribution in [1.82, 2.24) is 10.2 Å². The van der Waals surface area contributed by atoms with Gasteiger partial charge in [0.1, 0.15) is 0 Å². The minimum Gasteiger partial charge on any atom is -0.369 e. The zero-order valence-corrected chi connectivity index (χ0v) is 17.0. The van der Waals surface area contributed by atoms with Gasteiger partial charge >= 0.3 is 0 Å². The van der Waals surface area contributed by atoms with Crippen molar-refractivity contribution in [3.05, 3.63) is 65.5 Å². The van der Waals surface area contributed by atoms with Gasteiger partial charge in [-0.2, -0.15) is 0 Å². The second kappa shape index (κ2) is 9.22. The van der Waals surface area contributed by atoms with E-state index in [0.29, 0.717) is 0 Å². The Hall–Kier alpha value is -2.37. The Morgan fingerprint density at radius 3 is 2.46 bits per heavy atom. The summed E-state index contributed by atoms with van der Waals surface area (Å²) in [4.78, 5) is 18.1. The molecule has 2 heterocycles. The lowest BCUT2D eigenvalue weighted by Gasteiger charge is -2.36. The average Bonchev–Trinajstić information content (AvgIpc) is 3.19. The van der Waals surface area contributed by atoms with Crippen LogP contribution in [0.25, 0.3) is 10.1 Å². The van der Waals surface area contributed by atoms with Gasteiger partial charge in [0.25, 0.3) is 5.91 Å². The molecule has 1 saturated heterocycles. The number of fused-ring (bicyclic) bond motifs is 1. The van der Waals surface area contributed by atoms with E-state index in [2.05, 4.69) is 57.6 Å². The molecule has 0 unspecified atom stereocenters. The van der Waals surface area contributed by atoms with Gasteiger partial charge in [0.2, 0.25) is 0 Å². The van der Waals surface area contributed by atoms with E-state index in [1.807, 2.05) is 18.2 Å². The van der Waals surface area contributed by atoms with Crippen LogP contribution in [0.5, 0.6) is 0 Å². The van der Waals surface area contributed by atoms with Gasteiger partial charge in [-0.1, -0.05) is 36.4 Å². The minimum absolute atomic E-state index is 0.0534. The van der Waals surface area contributed by atoms with Crippen LogP contribution in [0.1, 0.15) is 22.5 Å². The van der Waals surface area contributed by atoms with Crippen molar-refractivity contribution >= 4 is 33.0 Å². The molecule has 2 aromatic carbocycles. The summed E-state index contributed by atoms with van der Waals surface area (Å²) in [6.07, 6.45) is 2.15. The number of piperazine rings is 1. The van der Waals surface area contributed by atoms with Gasteiger partial charge < -0.3 is 10.2 Å². The lowest BCUT2D eigenvalue weighted by atomic mass is 10.2. The van der Waals surface area contributed by atoms with E-state index in [9.17, 15) is 4.79 Å². The number of hydrogen-bond acceptors (Lipinski definition) is 4. The predicted octanol–water partition coefficient (Wildman–Crippen LogP) is 4.23. The molecule has 5 heteroatoms. The van der Waals surface area contributed by atoms with E-state index in [-0.39, 0.29) is 5.91 Å². The number of thiophene rings is 1. The standard InChI is InChI=1S/C23H27N3OS/c27-23(22-18-19-8-4-5-11-21(19)28-22)24-12-6-7-13-25-14-16-26(17-15-25)20-9-2-1-3-10-20/h1-5,8-11,18H,6-7,12-17H2,(H,24,27). The first-order chi connectivity index (χ1) is 13.8. The van der Waals surface area contributed by atoms with Crippen LogP contribution in [0.4, 0.5) is 5.69 Å². The molecule has 1 aliphatic heterocycles. The number of carbonyl (C=O) groups excluding carboxylic acids is 1. The topological polar surface area (TPSA) is 35.6 Å². The Kier molecular flexibility index (Phi) is 6.24. The van der Waals surface area contributed by atoms with Crippen molar-refractivity contribution in [3.8, 4) is 0 Å². The maximum atomic E-state index is 12.3. The molecule has 4 nitrogen and oxygen atoms in total. The first-order valence-electron chi connectivity index (χ1n) is 10.1. The number of anilines is 1. The fraction of sp³-hybridized carbons (Fsp3) is 0.348. The Morgan fingerprint density at radius 2 is 1.68 bits per heavy atom.